The van der Waals surface area contributed by atoms with Gasteiger partial charge in [-0.25, -0.2) is 0 Å². The van der Waals surface area contributed by atoms with E-state index < -0.39 is 0 Å². The van der Waals surface area contributed by atoms with Gasteiger partial charge in [-0.2, -0.15) is 0 Å². The number of carbonyl (C=O) groups is 2. The van der Waals surface area contributed by atoms with Crippen molar-refractivity contribution in [2.24, 2.45) is 0 Å². The summed E-state index contributed by atoms with van der Waals surface area (Å²) in [5, 5.41) is 2.87. The summed E-state index contributed by atoms with van der Waals surface area (Å²) in [7, 11) is 0. The fourth-order valence-electron chi connectivity index (χ4n) is 2.74. The Labute approximate surface area is 149 Å². The maximum absolute atomic E-state index is 12.4. The number of amides is 2. The largest absolute Gasteiger partial charge is 0.327 e. The predicted octanol–water partition coefficient (Wildman–Crippen LogP) is 4.36. The molecule has 1 unspecified atom stereocenters. The van der Waals surface area contributed by atoms with E-state index >= 15 is 0 Å². The molecule has 0 aliphatic heterocycles. The molecule has 0 aromatic heterocycles. The van der Waals surface area contributed by atoms with Gasteiger partial charge in [-0.3, -0.25) is 9.59 Å². The number of carbonyl (C=O) groups excluding carboxylic acids is 2. The summed E-state index contributed by atoms with van der Waals surface area (Å²) in [5.74, 6) is 0.126. The summed E-state index contributed by atoms with van der Waals surface area (Å²) >= 11 is 0. The molecule has 0 aliphatic rings. The van der Waals surface area contributed by atoms with Crippen molar-refractivity contribution in [2.75, 3.05) is 11.9 Å². The molecule has 0 spiro atoms. The van der Waals surface area contributed by atoms with E-state index in [4.69, 9.17) is 0 Å². The van der Waals surface area contributed by atoms with Gasteiger partial charge < -0.3 is 10.2 Å². The first kappa shape index (κ1) is 18.7. The lowest BCUT2D eigenvalue weighted by atomic mass is 10.0. The quantitative estimate of drug-likeness (QED) is 0.851. The molecular formula is C21H26N2O2. The first-order chi connectivity index (χ1) is 11.9. The van der Waals surface area contributed by atoms with Crippen LogP contribution in [-0.4, -0.2) is 23.3 Å². The van der Waals surface area contributed by atoms with Crippen LogP contribution in [0.25, 0.3) is 0 Å². The standard InChI is InChI=1S/C21H26N2O2/c1-15(2)18-10-12-20(13-11-18)22-21(25)14-23(17(4)24)16(3)19-8-6-5-7-9-19/h5-13,15-16H,14H2,1-4H3,(H,22,25). The van der Waals surface area contributed by atoms with Crippen molar-refractivity contribution in [2.45, 2.75) is 39.7 Å². The van der Waals surface area contributed by atoms with Crippen LogP contribution in [0.4, 0.5) is 5.69 Å². The Kier molecular flexibility index (Phi) is 6.34. The molecule has 0 aliphatic carbocycles. The number of nitrogens with zero attached hydrogens (tertiary/aromatic N) is 1. The lowest BCUT2D eigenvalue weighted by molar-refractivity contribution is -0.134. The number of nitrogens with one attached hydrogen (secondary N) is 1. The Morgan fingerprint density at radius 2 is 1.52 bits per heavy atom. The lowest BCUT2D eigenvalue weighted by Gasteiger charge is -2.28. The molecule has 4 nitrogen and oxygen atoms in total. The second kappa shape index (κ2) is 8.47. The van der Waals surface area contributed by atoms with E-state index in [0.717, 1.165) is 11.3 Å². The van der Waals surface area contributed by atoms with Crippen molar-refractivity contribution in [1.82, 2.24) is 4.90 Å². The van der Waals surface area contributed by atoms with E-state index in [1.54, 1.807) is 4.90 Å². The van der Waals surface area contributed by atoms with E-state index in [0.29, 0.717) is 5.92 Å². The molecule has 1 atom stereocenters. The monoisotopic (exact) mass is 338 g/mol. The van der Waals surface area contributed by atoms with Crippen LogP contribution >= 0.6 is 0 Å². The zero-order valence-electron chi connectivity index (χ0n) is 15.3. The first-order valence-corrected chi connectivity index (χ1v) is 8.60. The maximum Gasteiger partial charge on any atom is 0.244 e. The normalized spacial score (nSPS) is 11.9. The molecule has 0 heterocycles. The number of rotatable bonds is 6. The zero-order chi connectivity index (χ0) is 18.4. The van der Waals surface area contributed by atoms with Gasteiger partial charge in [-0.1, -0.05) is 56.3 Å². The highest BCUT2D eigenvalue weighted by Crippen LogP contribution is 2.20. The number of hydrogen-bond acceptors (Lipinski definition) is 2. The summed E-state index contributed by atoms with van der Waals surface area (Å²) < 4.78 is 0. The third-order valence-electron chi connectivity index (χ3n) is 4.33. The van der Waals surface area contributed by atoms with Gasteiger partial charge in [-0.15, -0.1) is 0 Å². The molecule has 4 heteroatoms. The van der Waals surface area contributed by atoms with Crippen LogP contribution < -0.4 is 5.32 Å². The van der Waals surface area contributed by atoms with Gasteiger partial charge >= 0.3 is 0 Å². The Hall–Kier alpha value is -2.62. The molecule has 25 heavy (non-hydrogen) atoms. The van der Waals surface area contributed by atoms with Gasteiger partial charge in [0.25, 0.3) is 0 Å². The van der Waals surface area contributed by atoms with Crippen LogP contribution in [0, 0.1) is 0 Å². The Morgan fingerprint density at radius 1 is 0.920 bits per heavy atom. The molecule has 0 saturated heterocycles. The smallest absolute Gasteiger partial charge is 0.244 e. The highest BCUT2D eigenvalue weighted by Gasteiger charge is 2.21. The number of hydrogen-bond donors (Lipinski definition) is 1. The Bertz CT molecular complexity index is 708. The number of anilines is 1. The van der Waals surface area contributed by atoms with Crippen LogP contribution in [0.15, 0.2) is 54.6 Å². The molecule has 0 saturated carbocycles. The Balaban J connectivity index is 2.04. The molecule has 0 bridgehead atoms. The van der Waals surface area contributed by atoms with Crippen LogP contribution in [0.2, 0.25) is 0 Å². The highest BCUT2D eigenvalue weighted by atomic mass is 16.2. The van der Waals surface area contributed by atoms with Crippen molar-refractivity contribution in [3.63, 3.8) is 0 Å². The second-order valence-corrected chi connectivity index (χ2v) is 6.56. The van der Waals surface area contributed by atoms with Gasteiger partial charge in [0.1, 0.15) is 6.54 Å². The number of benzene rings is 2. The minimum atomic E-state index is -0.199. The average molecular weight is 338 g/mol. The highest BCUT2D eigenvalue weighted by molar-refractivity contribution is 5.94. The molecule has 0 radical (unpaired) electrons. The van der Waals surface area contributed by atoms with Crippen molar-refractivity contribution < 1.29 is 9.59 Å². The molecule has 2 amide bonds. The predicted molar refractivity (Wildman–Crippen MR) is 101 cm³/mol. The fourth-order valence-corrected chi connectivity index (χ4v) is 2.74. The van der Waals surface area contributed by atoms with Gasteiger partial charge in [-0.05, 0) is 36.1 Å². The van der Waals surface area contributed by atoms with Gasteiger partial charge in [0.2, 0.25) is 11.8 Å². The minimum absolute atomic E-state index is 0.0251. The average Bonchev–Trinajstić information content (AvgIpc) is 2.60. The lowest BCUT2D eigenvalue weighted by Crippen LogP contribution is -2.38. The summed E-state index contributed by atoms with van der Waals surface area (Å²) in [6, 6.07) is 17.4. The van der Waals surface area contributed by atoms with Gasteiger partial charge in [0.05, 0.1) is 6.04 Å². The van der Waals surface area contributed by atoms with E-state index in [2.05, 4.69) is 19.2 Å². The van der Waals surface area contributed by atoms with E-state index in [9.17, 15) is 9.59 Å². The summed E-state index contributed by atoms with van der Waals surface area (Å²) in [6.45, 7) is 7.70. The van der Waals surface area contributed by atoms with Crippen molar-refractivity contribution in [3.05, 3.63) is 65.7 Å². The molecule has 2 rings (SSSR count). The second-order valence-electron chi connectivity index (χ2n) is 6.56. The molecular weight excluding hydrogens is 312 g/mol. The van der Waals surface area contributed by atoms with E-state index in [1.807, 2.05) is 61.5 Å². The molecule has 2 aromatic carbocycles. The van der Waals surface area contributed by atoms with Crippen LogP contribution in [-0.2, 0) is 9.59 Å². The van der Waals surface area contributed by atoms with Gasteiger partial charge in [0.15, 0.2) is 0 Å². The molecule has 2 aromatic rings. The van der Waals surface area contributed by atoms with Crippen LogP contribution in [0.5, 0.6) is 0 Å². The third-order valence-corrected chi connectivity index (χ3v) is 4.33. The van der Waals surface area contributed by atoms with Crippen molar-refractivity contribution >= 4 is 17.5 Å². The van der Waals surface area contributed by atoms with Crippen LogP contribution in [0.3, 0.4) is 0 Å². The third kappa shape index (κ3) is 5.18. The summed E-state index contributed by atoms with van der Waals surface area (Å²) in [6.07, 6.45) is 0. The fraction of sp³-hybridized carbons (Fsp3) is 0.333. The molecule has 132 valence electrons. The molecule has 0 fully saturated rings. The van der Waals surface area contributed by atoms with Crippen molar-refractivity contribution in [1.29, 1.82) is 0 Å². The van der Waals surface area contributed by atoms with Gasteiger partial charge in [0, 0.05) is 12.6 Å². The molecule has 1 N–H and O–H groups in total. The Morgan fingerprint density at radius 3 is 2.04 bits per heavy atom. The zero-order valence-corrected chi connectivity index (χ0v) is 15.3. The van der Waals surface area contributed by atoms with Crippen molar-refractivity contribution in [3.8, 4) is 0 Å². The SMILES string of the molecule is CC(=O)N(CC(=O)Nc1ccc(C(C)C)cc1)C(C)c1ccccc1. The summed E-state index contributed by atoms with van der Waals surface area (Å²) in [5.41, 5.74) is 2.97. The minimum Gasteiger partial charge on any atom is -0.327 e. The maximum atomic E-state index is 12.4. The topological polar surface area (TPSA) is 49.4 Å². The first-order valence-electron chi connectivity index (χ1n) is 8.60. The summed E-state index contributed by atoms with van der Waals surface area (Å²) in [4.78, 5) is 26.0. The van der Waals surface area contributed by atoms with E-state index in [-0.39, 0.29) is 24.4 Å². The van der Waals surface area contributed by atoms with E-state index in [1.165, 1.54) is 12.5 Å². The van der Waals surface area contributed by atoms with Crippen LogP contribution in [0.1, 0.15) is 50.8 Å².